The number of aliphatic hydroxyl groups excluding tert-OH is 2. The molecule has 1 aliphatic carbocycles. The lowest BCUT2D eigenvalue weighted by molar-refractivity contribution is -0.177. The number of ether oxygens (including phenoxy) is 4. The van der Waals surface area contributed by atoms with Crippen LogP contribution in [0.4, 0.5) is 5.69 Å². The van der Waals surface area contributed by atoms with Crippen LogP contribution in [0.15, 0.2) is 42.6 Å². The lowest BCUT2D eigenvalue weighted by Gasteiger charge is -2.23. The molecule has 1 aromatic carbocycles. The molecule has 1 saturated heterocycles. The van der Waals surface area contributed by atoms with Crippen molar-refractivity contribution in [3.05, 3.63) is 53.3 Å². The number of nitriles is 1. The van der Waals surface area contributed by atoms with Crippen molar-refractivity contribution in [3.8, 4) is 11.8 Å². The van der Waals surface area contributed by atoms with Gasteiger partial charge in [0.25, 0.3) is 0 Å². The van der Waals surface area contributed by atoms with E-state index >= 15 is 0 Å². The largest absolute Gasteiger partial charge is 0.427 e. The van der Waals surface area contributed by atoms with Gasteiger partial charge in [-0.3, -0.25) is 9.32 Å². The predicted octanol–water partition coefficient (Wildman–Crippen LogP) is 5.28. The summed E-state index contributed by atoms with van der Waals surface area (Å²) in [6, 6.07) is 12.1. The molecule has 5 rings (SSSR count). The number of hydrogen-bond donors (Lipinski definition) is 3. The number of rotatable bonds is 14. The van der Waals surface area contributed by atoms with E-state index in [1.165, 1.54) is 23.6 Å². The first-order valence-electron chi connectivity index (χ1n) is 16.5. The molecule has 2 aliphatic rings. The molecule has 3 heterocycles. The van der Waals surface area contributed by atoms with Crippen LogP contribution in [0.3, 0.4) is 0 Å². The normalized spacial score (nSPS) is 22.6. The van der Waals surface area contributed by atoms with E-state index in [9.17, 15) is 29.6 Å². The van der Waals surface area contributed by atoms with E-state index in [2.05, 4.69) is 16.4 Å². The van der Waals surface area contributed by atoms with Crippen LogP contribution < -0.4 is 9.84 Å². The molecular formula is C34H42ClN4O11P. The molecule has 2 fully saturated rings. The maximum absolute atomic E-state index is 13.9. The predicted molar refractivity (Wildman–Crippen MR) is 184 cm³/mol. The number of anilines is 1. The van der Waals surface area contributed by atoms with E-state index in [0.29, 0.717) is 16.7 Å². The monoisotopic (exact) mass is 748 g/mol. The number of benzene rings is 1. The van der Waals surface area contributed by atoms with E-state index in [1.54, 1.807) is 51.2 Å². The van der Waals surface area contributed by atoms with E-state index in [4.69, 9.17) is 39.6 Å². The zero-order chi connectivity index (χ0) is 36.9. The molecule has 51 heavy (non-hydrogen) atoms. The molecule has 3 aromatic rings. The minimum Gasteiger partial charge on any atom is -0.427 e. The number of nitrogens with zero attached hydrogens (tertiary/aromatic N) is 3. The lowest BCUT2D eigenvalue weighted by Crippen LogP contribution is -2.34. The Labute approximate surface area is 300 Å². The number of pyridine rings is 1. The number of aliphatic hydroxyl groups is 2. The van der Waals surface area contributed by atoms with Gasteiger partial charge < -0.3 is 43.6 Å². The van der Waals surface area contributed by atoms with Gasteiger partial charge in [0.05, 0.1) is 17.7 Å². The molecule has 15 nitrogen and oxygen atoms in total. The molecule has 1 unspecified atom stereocenters. The van der Waals surface area contributed by atoms with E-state index < -0.39 is 68.7 Å². The molecule has 0 bridgehead atoms. The number of aromatic nitrogens is 2. The third kappa shape index (κ3) is 9.20. The highest BCUT2D eigenvalue weighted by Crippen LogP contribution is 2.50. The third-order valence-corrected chi connectivity index (χ3v) is 10.3. The van der Waals surface area contributed by atoms with Gasteiger partial charge in [0, 0.05) is 17.6 Å². The van der Waals surface area contributed by atoms with Crippen molar-refractivity contribution < 1.29 is 52.4 Å². The molecule has 6 atom stereocenters. The maximum Gasteiger partial charge on any atom is 0.405 e. The first kappa shape index (κ1) is 38.5. The molecule has 0 spiro atoms. The van der Waals surface area contributed by atoms with Crippen LogP contribution in [0, 0.1) is 16.7 Å². The standard InChI is InChI=1S/C34H42ClN4O11P/c1-20(32(42)46-18-47-33(43)34(2,3)4)49-51(44,50-22-12-6-5-7-13-22)19-45-17-25-27(40)28(41)31(48-25)39-15-14-23-26(37-21-10-8-9-11-21)24(16-36)29(35)38-30(23)39/h5-7,12-15,20-21,25,27-28,31,40-41H,8-11,17-19H2,1-4H3,(H,37,38)/t20-,25?,27+,28+,31+,51+/m0/s1. The Morgan fingerprint density at radius 3 is 2.53 bits per heavy atom. The van der Waals surface area contributed by atoms with Crippen molar-refractivity contribution >= 4 is 47.9 Å². The van der Waals surface area contributed by atoms with Crippen molar-refractivity contribution in [2.24, 2.45) is 5.41 Å². The summed E-state index contributed by atoms with van der Waals surface area (Å²) in [7, 11) is -4.24. The number of para-hydroxylation sites is 1. The van der Waals surface area contributed by atoms with Crippen LogP contribution in [0.5, 0.6) is 5.75 Å². The fourth-order valence-corrected chi connectivity index (χ4v) is 7.44. The van der Waals surface area contributed by atoms with Crippen molar-refractivity contribution in [2.75, 3.05) is 25.1 Å². The van der Waals surface area contributed by atoms with Crippen molar-refractivity contribution in [1.29, 1.82) is 5.26 Å². The van der Waals surface area contributed by atoms with Gasteiger partial charge in [-0.1, -0.05) is 42.6 Å². The Hall–Kier alpha value is -3.74. The Bertz CT molecular complexity index is 1790. The van der Waals surface area contributed by atoms with Crippen LogP contribution in [-0.4, -0.2) is 81.9 Å². The van der Waals surface area contributed by atoms with E-state index in [1.807, 2.05) is 0 Å². The Morgan fingerprint density at radius 2 is 1.86 bits per heavy atom. The van der Waals surface area contributed by atoms with Gasteiger partial charge in [-0.2, -0.15) is 5.26 Å². The highest BCUT2D eigenvalue weighted by atomic mass is 35.5. The average Bonchev–Trinajstić information content (AvgIpc) is 3.81. The summed E-state index contributed by atoms with van der Waals surface area (Å²) in [5.41, 5.74) is 0.282. The summed E-state index contributed by atoms with van der Waals surface area (Å²) in [4.78, 5) is 29.0. The summed E-state index contributed by atoms with van der Waals surface area (Å²) in [6.07, 6.45) is -1.49. The molecule has 0 amide bonds. The van der Waals surface area contributed by atoms with Crippen LogP contribution in [0.1, 0.15) is 65.2 Å². The zero-order valence-electron chi connectivity index (χ0n) is 28.7. The smallest absolute Gasteiger partial charge is 0.405 e. The van der Waals surface area contributed by atoms with Crippen LogP contribution >= 0.6 is 19.2 Å². The van der Waals surface area contributed by atoms with Gasteiger partial charge in [0.15, 0.2) is 23.8 Å². The third-order valence-electron chi connectivity index (χ3n) is 8.42. The van der Waals surface area contributed by atoms with Gasteiger partial charge in [-0.05, 0) is 58.7 Å². The van der Waals surface area contributed by atoms with Crippen LogP contribution in [-0.2, 0) is 37.6 Å². The molecule has 276 valence electrons. The van der Waals surface area contributed by atoms with Gasteiger partial charge in [-0.15, -0.1) is 0 Å². The Balaban J connectivity index is 1.26. The van der Waals surface area contributed by atoms with Gasteiger partial charge in [0.2, 0.25) is 6.79 Å². The second-order valence-corrected chi connectivity index (χ2v) is 15.7. The fraction of sp³-hybridized carbons (Fsp3) is 0.529. The number of fused-ring (bicyclic) bond motifs is 1. The van der Waals surface area contributed by atoms with Crippen LogP contribution in [0.2, 0.25) is 5.15 Å². The van der Waals surface area contributed by atoms with Crippen molar-refractivity contribution in [1.82, 2.24) is 9.55 Å². The summed E-state index contributed by atoms with van der Waals surface area (Å²) in [5, 5.41) is 35.8. The summed E-state index contributed by atoms with van der Waals surface area (Å²) in [6.45, 7) is 5.19. The fourth-order valence-electron chi connectivity index (χ4n) is 5.73. The van der Waals surface area contributed by atoms with Gasteiger partial charge in [-0.25, -0.2) is 14.3 Å². The van der Waals surface area contributed by atoms with Crippen LogP contribution in [0.25, 0.3) is 11.0 Å². The molecule has 1 aliphatic heterocycles. The first-order chi connectivity index (χ1) is 24.2. The van der Waals surface area contributed by atoms with Gasteiger partial charge >= 0.3 is 19.5 Å². The lowest BCUT2D eigenvalue weighted by atomic mass is 9.98. The molecular weight excluding hydrogens is 707 g/mol. The summed E-state index contributed by atoms with van der Waals surface area (Å²) >= 11 is 6.44. The minimum atomic E-state index is -4.24. The number of hydrogen-bond acceptors (Lipinski definition) is 14. The highest BCUT2D eigenvalue weighted by molar-refractivity contribution is 7.54. The number of halogens is 1. The quantitative estimate of drug-likeness (QED) is 0.0832. The summed E-state index contributed by atoms with van der Waals surface area (Å²) in [5.74, 6) is -1.38. The van der Waals surface area contributed by atoms with Gasteiger partial charge in [0.1, 0.15) is 41.3 Å². The number of carbonyl (C=O) groups is 2. The van der Waals surface area contributed by atoms with Crippen molar-refractivity contribution in [2.45, 2.75) is 90.1 Å². The SMILES string of the molecule is C[C@H](O[P@](=O)(COCC1O[C@@H](n2ccc3c(NC4CCCC4)c(C#N)c(Cl)nc32)[C@H](O)[C@@H]1O)Oc1ccccc1)C(=O)OCOC(=O)C(C)(C)C. The number of carbonyl (C=O) groups excluding carboxylic acids is 2. The molecule has 17 heteroatoms. The van der Waals surface area contributed by atoms with E-state index in [-0.39, 0.29) is 29.1 Å². The average molecular weight is 749 g/mol. The minimum absolute atomic E-state index is 0.0171. The second-order valence-electron chi connectivity index (χ2n) is 13.4. The Kier molecular flexibility index (Phi) is 12.3. The molecule has 2 aromatic heterocycles. The number of esters is 2. The first-order valence-corrected chi connectivity index (χ1v) is 18.6. The zero-order valence-corrected chi connectivity index (χ0v) is 30.3. The summed E-state index contributed by atoms with van der Waals surface area (Å²) < 4.78 is 48.3. The molecule has 1 saturated carbocycles. The maximum atomic E-state index is 13.9. The topological polar surface area (TPSA) is 201 Å². The highest BCUT2D eigenvalue weighted by Gasteiger charge is 2.45. The van der Waals surface area contributed by atoms with Crippen molar-refractivity contribution in [3.63, 3.8) is 0 Å². The molecule has 0 radical (unpaired) electrons. The van der Waals surface area contributed by atoms with E-state index in [0.717, 1.165) is 25.7 Å². The Morgan fingerprint density at radius 1 is 1.16 bits per heavy atom. The number of nitrogens with one attached hydrogen (secondary N) is 1. The second kappa shape index (κ2) is 16.3. The molecule has 3 N–H and O–H groups in total.